The Morgan fingerprint density at radius 2 is 2.19 bits per heavy atom. The van der Waals surface area contributed by atoms with Gasteiger partial charge in [0.25, 0.3) is 5.91 Å². The highest BCUT2D eigenvalue weighted by Crippen LogP contribution is 2.27. The number of carbonyl (C=O) groups excluding carboxylic acids is 2. The monoisotopic (exact) mass is 291 g/mol. The molecule has 1 saturated carbocycles. The lowest BCUT2D eigenvalue weighted by molar-refractivity contribution is -0.127. The molecule has 1 aromatic rings. The van der Waals surface area contributed by atoms with Crippen LogP contribution in [0.3, 0.4) is 0 Å². The van der Waals surface area contributed by atoms with Crippen molar-refractivity contribution in [2.75, 3.05) is 6.54 Å². The van der Waals surface area contributed by atoms with Crippen LogP contribution in [0.2, 0.25) is 0 Å². The molecule has 1 aliphatic heterocycles. The molecule has 2 unspecified atom stereocenters. The number of fused-ring (bicyclic) bond motifs is 1. The van der Waals surface area contributed by atoms with E-state index in [1.54, 1.807) is 11.0 Å². The predicted molar refractivity (Wildman–Crippen MR) is 75.8 cm³/mol. The van der Waals surface area contributed by atoms with Crippen LogP contribution in [0.25, 0.3) is 0 Å². The average molecular weight is 291 g/mol. The Bertz CT molecular complexity index is 552. The topological polar surface area (TPSA) is 75.4 Å². The van der Waals surface area contributed by atoms with Crippen LogP contribution in [0.1, 0.15) is 61.7 Å². The third-order valence-corrected chi connectivity index (χ3v) is 4.38. The minimum Gasteiger partial charge on any atom is -0.351 e. The lowest BCUT2D eigenvalue weighted by Gasteiger charge is -2.43. The molecule has 2 aliphatic rings. The Labute approximate surface area is 123 Å². The average Bonchev–Trinajstić information content (AvgIpc) is 2.95. The molecule has 0 bridgehead atoms. The van der Waals surface area contributed by atoms with Crippen molar-refractivity contribution in [3.8, 4) is 0 Å². The zero-order chi connectivity index (χ0) is 15.0. The van der Waals surface area contributed by atoms with Crippen molar-refractivity contribution in [3.63, 3.8) is 0 Å². The van der Waals surface area contributed by atoms with Gasteiger partial charge in [0.05, 0.1) is 11.7 Å². The fraction of sp³-hybridized carbons (Fsp3) is 0.667. The van der Waals surface area contributed by atoms with Crippen LogP contribution in [0, 0.1) is 0 Å². The van der Waals surface area contributed by atoms with Crippen LogP contribution < -0.4 is 5.32 Å². The van der Waals surface area contributed by atoms with E-state index in [9.17, 15) is 9.59 Å². The molecule has 2 amide bonds. The molecule has 6 heteroatoms. The smallest absolute Gasteiger partial charge is 0.293 e. The van der Waals surface area contributed by atoms with Crippen molar-refractivity contribution < 1.29 is 14.1 Å². The maximum absolute atomic E-state index is 12.6. The zero-order valence-electron chi connectivity index (χ0n) is 12.5. The van der Waals surface area contributed by atoms with Gasteiger partial charge >= 0.3 is 0 Å². The molecule has 1 saturated heterocycles. The predicted octanol–water partition coefficient (Wildman–Crippen LogP) is 1.68. The van der Waals surface area contributed by atoms with E-state index in [1.807, 2.05) is 13.8 Å². The van der Waals surface area contributed by atoms with Crippen molar-refractivity contribution in [1.82, 2.24) is 15.4 Å². The number of rotatable bonds is 2. The molecule has 0 spiro atoms. The van der Waals surface area contributed by atoms with E-state index in [1.165, 1.54) is 0 Å². The molecule has 2 atom stereocenters. The quantitative estimate of drug-likeness (QED) is 0.899. The number of hydrogen-bond acceptors (Lipinski definition) is 4. The van der Waals surface area contributed by atoms with E-state index in [2.05, 4.69) is 10.5 Å². The molecule has 2 fully saturated rings. The maximum Gasteiger partial charge on any atom is 0.293 e. The van der Waals surface area contributed by atoms with Gasteiger partial charge in [-0.2, -0.15) is 0 Å². The van der Waals surface area contributed by atoms with Gasteiger partial charge in [-0.1, -0.05) is 31.8 Å². The number of nitrogens with one attached hydrogen (secondary N) is 1. The van der Waals surface area contributed by atoms with Gasteiger partial charge in [-0.3, -0.25) is 9.59 Å². The van der Waals surface area contributed by atoms with Crippen LogP contribution in [0.5, 0.6) is 0 Å². The summed E-state index contributed by atoms with van der Waals surface area (Å²) in [7, 11) is 0. The van der Waals surface area contributed by atoms with Gasteiger partial charge in [-0.05, 0) is 18.8 Å². The van der Waals surface area contributed by atoms with E-state index in [-0.39, 0.29) is 42.1 Å². The van der Waals surface area contributed by atoms with Crippen LogP contribution in [-0.2, 0) is 4.79 Å². The Hall–Kier alpha value is -1.85. The van der Waals surface area contributed by atoms with E-state index < -0.39 is 0 Å². The van der Waals surface area contributed by atoms with Gasteiger partial charge in [0.2, 0.25) is 11.7 Å². The van der Waals surface area contributed by atoms with Crippen molar-refractivity contribution >= 4 is 11.8 Å². The maximum atomic E-state index is 12.6. The van der Waals surface area contributed by atoms with E-state index >= 15 is 0 Å². The summed E-state index contributed by atoms with van der Waals surface area (Å²) >= 11 is 0. The van der Waals surface area contributed by atoms with Gasteiger partial charge in [-0.25, -0.2) is 0 Å². The highest BCUT2D eigenvalue weighted by molar-refractivity contribution is 5.95. The molecular formula is C15H21N3O3. The Morgan fingerprint density at radius 1 is 1.43 bits per heavy atom. The van der Waals surface area contributed by atoms with E-state index in [0.29, 0.717) is 0 Å². The molecule has 1 aliphatic carbocycles. The normalized spacial score (nSPS) is 25.7. The number of nitrogens with zero attached hydrogens (tertiary/aromatic N) is 2. The number of piperazine rings is 1. The first-order valence-electron chi connectivity index (χ1n) is 7.63. The first kappa shape index (κ1) is 14.1. The summed E-state index contributed by atoms with van der Waals surface area (Å²) in [5.74, 6) is 0.136. The summed E-state index contributed by atoms with van der Waals surface area (Å²) < 4.78 is 5.18. The lowest BCUT2D eigenvalue weighted by atomic mass is 9.87. The van der Waals surface area contributed by atoms with Gasteiger partial charge in [-0.15, -0.1) is 0 Å². The second-order valence-electron chi connectivity index (χ2n) is 6.23. The second-order valence-corrected chi connectivity index (χ2v) is 6.23. The molecule has 6 nitrogen and oxygen atoms in total. The third-order valence-electron chi connectivity index (χ3n) is 4.38. The van der Waals surface area contributed by atoms with Crippen LogP contribution >= 0.6 is 0 Å². The number of hydrogen-bond donors (Lipinski definition) is 1. The fourth-order valence-electron chi connectivity index (χ4n) is 3.20. The van der Waals surface area contributed by atoms with Crippen molar-refractivity contribution in [1.29, 1.82) is 0 Å². The van der Waals surface area contributed by atoms with Crippen LogP contribution in [-0.4, -0.2) is 40.5 Å². The fourth-order valence-corrected chi connectivity index (χ4v) is 3.20. The van der Waals surface area contributed by atoms with E-state index in [0.717, 1.165) is 31.4 Å². The summed E-state index contributed by atoms with van der Waals surface area (Å²) in [4.78, 5) is 26.1. The largest absolute Gasteiger partial charge is 0.351 e. The van der Waals surface area contributed by atoms with Crippen molar-refractivity contribution in [2.45, 2.75) is 57.5 Å². The van der Waals surface area contributed by atoms with Gasteiger partial charge in [0.15, 0.2) is 0 Å². The molecule has 3 rings (SSSR count). The number of amides is 2. The summed E-state index contributed by atoms with van der Waals surface area (Å²) in [5, 5.41) is 6.93. The highest BCUT2D eigenvalue weighted by Gasteiger charge is 2.40. The van der Waals surface area contributed by atoms with Gasteiger partial charge in [0, 0.05) is 12.1 Å². The second kappa shape index (κ2) is 5.50. The molecule has 114 valence electrons. The van der Waals surface area contributed by atoms with Crippen LogP contribution in [0.15, 0.2) is 10.6 Å². The Balaban J connectivity index is 1.82. The van der Waals surface area contributed by atoms with Crippen molar-refractivity contribution in [2.24, 2.45) is 0 Å². The van der Waals surface area contributed by atoms with Gasteiger partial charge < -0.3 is 14.7 Å². The first-order chi connectivity index (χ1) is 10.1. The minimum atomic E-state index is -0.221. The summed E-state index contributed by atoms with van der Waals surface area (Å²) in [6, 6.07) is 1.85. The zero-order valence-corrected chi connectivity index (χ0v) is 12.5. The summed E-state index contributed by atoms with van der Waals surface area (Å²) in [6.07, 6.45) is 4.06. The SMILES string of the molecule is CC(C)c1cc(C(=O)N2CC(=O)NC3CCCCC32)on1. The van der Waals surface area contributed by atoms with Gasteiger partial charge in [0.1, 0.15) is 6.54 Å². The molecule has 1 N–H and O–H groups in total. The molecule has 0 aromatic carbocycles. The van der Waals surface area contributed by atoms with E-state index in [4.69, 9.17) is 4.52 Å². The minimum absolute atomic E-state index is 0.0800. The van der Waals surface area contributed by atoms with Crippen LogP contribution in [0.4, 0.5) is 0 Å². The molecule has 2 heterocycles. The summed E-state index contributed by atoms with van der Waals surface area (Å²) in [5.41, 5.74) is 0.764. The Kier molecular flexibility index (Phi) is 3.69. The highest BCUT2D eigenvalue weighted by atomic mass is 16.5. The molecule has 21 heavy (non-hydrogen) atoms. The molecule has 1 aromatic heterocycles. The standard InChI is InChI=1S/C15H21N3O3/c1-9(2)11-7-13(21-17-11)15(20)18-8-14(19)16-10-5-3-4-6-12(10)18/h7,9-10,12H,3-6,8H2,1-2H3,(H,16,19). The lowest BCUT2D eigenvalue weighted by Crippen LogP contribution is -2.62. The number of aromatic nitrogens is 1. The molecule has 0 radical (unpaired) electrons. The van der Waals surface area contributed by atoms with Crippen molar-refractivity contribution in [3.05, 3.63) is 17.5 Å². The first-order valence-corrected chi connectivity index (χ1v) is 7.63. The number of carbonyl (C=O) groups is 2. The third kappa shape index (κ3) is 2.66. The molecular weight excluding hydrogens is 270 g/mol. The Morgan fingerprint density at radius 3 is 2.90 bits per heavy atom. The summed E-state index contributed by atoms with van der Waals surface area (Å²) in [6.45, 7) is 4.10.